The third-order valence-electron chi connectivity index (χ3n) is 4.49. The molecule has 0 amide bonds. The highest BCUT2D eigenvalue weighted by molar-refractivity contribution is 14.0. The van der Waals surface area contributed by atoms with Crippen molar-refractivity contribution in [1.82, 2.24) is 15.6 Å². The summed E-state index contributed by atoms with van der Waals surface area (Å²) >= 11 is 1.61. The number of oxazole rings is 1. The number of benzene rings is 1. The first kappa shape index (κ1) is 26.0. The summed E-state index contributed by atoms with van der Waals surface area (Å²) in [5.74, 6) is 2.97. The van der Waals surface area contributed by atoms with Gasteiger partial charge in [0.25, 0.3) is 0 Å². The van der Waals surface area contributed by atoms with Crippen molar-refractivity contribution in [1.29, 1.82) is 0 Å². The minimum atomic E-state index is 0. The van der Waals surface area contributed by atoms with Crippen molar-refractivity contribution in [2.45, 2.75) is 33.2 Å². The quantitative estimate of drug-likeness (QED) is 0.144. The minimum Gasteiger partial charge on any atom is -0.493 e. The maximum atomic E-state index is 5.66. The smallest absolute Gasteiger partial charge is 0.236 e. The molecule has 0 aliphatic heterocycles. The van der Waals surface area contributed by atoms with Crippen LogP contribution in [0.25, 0.3) is 10.8 Å². The Morgan fingerprint density at radius 2 is 2.06 bits per heavy atom. The maximum absolute atomic E-state index is 5.66. The van der Waals surface area contributed by atoms with Crippen LogP contribution in [0.1, 0.15) is 31.5 Å². The zero-order valence-corrected chi connectivity index (χ0v) is 21.9. The Hall–Kier alpha value is -2.27. The van der Waals surface area contributed by atoms with Gasteiger partial charge in [-0.1, -0.05) is 12.1 Å². The van der Waals surface area contributed by atoms with Gasteiger partial charge in [-0.25, -0.2) is 9.98 Å². The van der Waals surface area contributed by atoms with Gasteiger partial charge >= 0.3 is 0 Å². The topological polar surface area (TPSA) is 80.9 Å². The Morgan fingerprint density at radius 3 is 2.78 bits per heavy atom. The average molecular weight is 570 g/mol. The Kier molecular flexibility index (Phi) is 11.4. The van der Waals surface area contributed by atoms with Crippen molar-refractivity contribution in [2.24, 2.45) is 4.99 Å². The van der Waals surface area contributed by atoms with Crippen LogP contribution in [0.2, 0.25) is 0 Å². The Bertz CT molecular complexity index is 960. The van der Waals surface area contributed by atoms with Crippen molar-refractivity contribution in [3.05, 3.63) is 53.2 Å². The lowest BCUT2D eigenvalue weighted by Gasteiger charge is -2.12. The van der Waals surface area contributed by atoms with Gasteiger partial charge in [0.2, 0.25) is 5.89 Å². The number of methoxy groups -OCH3 is 1. The van der Waals surface area contributed by atoms with E-state index in [1.807, 2.05) is 30.5 Å². The van der Waals surface area contributed by atoms with E-state index in [0.717, 1.165) is 54.0 Å². The second-order valence-electron chi connectivity index (χ2n) is 6.77. The average Bonchev–Trinajstić information content (AvgIpc) is 3.47. The summed E-state index contributed by atoms with van der Waals surface area (Å²) < 4.78 is 16.6. The van der Waals surface area contributed by atoms with Crippen LogP contribution in [-0.2, 0) is 13.0 Å². The van der Waals surface area contributed by atoms with Crippen molar-refractivity contribution in [3.8, 4) is 22.3 Å². The number of aryl methyl sites for hydroxylation is 1. The summed E-state index contributed by atoms with van der Waals surface area (Å²) in [6.07, 6.45) is 3.57. The van der Waals surface area contributed by atoms with Crippen LogP contribution in [-0.4, -0.2) is 37.7 Å². The van der Waals surface area contributed by atoms with Gasteiger partial charge in [0.15, 0.2) is 17.5 Å². The highest BCUT2D eigenvalue weighted by Crippen LogP contribution is 2.28. The molecule has 0 spiro atoms. The van der Waals surface area contributed by atoms with Crippen LogP contribution in [0.5, 0.6) is 11.5 Å². The summed E-state index contributed by atoms with van der Waals surface area (Å²) in [4.78, 5) is 10.2. The molecule has 0 saturated heterocycles. The number of halogens is 1. The number of thiophene rings is 1. The van der Waals surface area contributed by atoms with Gasteiger partial charge in [-0.2, -0.15) is 0 Å². The highest BCUT2D eigenvalue weighted by Gasteiger charge is 2.08. The molecular formula is C23H31IN4O3S. The zero-order chi connectivity index (χ0) is 21.9. The van der Waals surface area contributed by atoms with Gasteiger partial charge in [0.05, 0.1) is 25.1 Å². The number of rotatable bonds is 11. The van der Waals surface area contributed by atoms with E-state index in [2.05, 4.69) is 39.7 Å². The number of aromatic nitrogens is 1. The number of aliphatic imine (C=N–C) groups is 1. The van der Waals surface area contributed by atoms with E-state index >= 15 is 0 Å². The third kappa shape index (κ3) is 7.70. The minimum absolute atomic E-state index is 0. The van der Waals surface area contributed by atoms with Gasteiger partial charge in [-0.15, -0.1) is 35.3 Å². The van der Waals surface area contributed by atoms with Crippen molar-refractivity contribution >= 4 is 41.3 Å². The molecule has 0 aliphatic carbocycles. The van der Waals surface area contributed by atoms with E-state index in [9.17, 15) is 0 Å². The van der Waals surface area contributed by atoms with Gasteiger partial charge in [0.1, 0.15) is 12.0 Å². The second kappa shape index (κ2) is 14.0. The number of guanidine groups is 1. The molecule has 7 nitrogen and oxygen atoms in total. The van der Waals surface area contributed by atoms with Crippen molar-refractivity contribution in [2.75, 3.05) is 26.8 Å². The lowest BCUT2D eigenvalue weighted by atomic mass is 10.1. The molecule has 0 fully saturated rings. The SMILES string of the molecule is CCNC(=NCc1coc(-c2cccs2)n1)NCCCc1ccc(OC)c(OCC)c1.I. The van der Waals surface area contributed by atoms with Crippen LogP contribution in [0.4, 0.5) is 0 Å². The van der Waals surface area contributed by atoms with E-state index in [4.69, 9.17) is 13.9 Å². The molecule has 0 atom stereocenters. The fourth-order valence-corrected chi connectivity index (χ4v) is 3.69. The first-order chi connectivity index (χ1) is 15.2. The van der Waals surface area contributed by atoms with Crippen molar-refractivity contribution in [3.63, 3.8) is 0 Å². The molecule has 1 aromatic carbocycles. The first-order valence-corrected chi connectivity index (χ1v) is 11.4. The van der Waals surface area contributed by atoms with E-state index in [1.54, 1.807) is 24.7 Å². The Balaban J connectivity index is 0.00000363. The molecule has 0 saturated carbocycles. The monoisotopic (exact) mass is 570 g/mol. The van der Waals surface area contributed by atoms with Crippen molar-refractivity contribution < 1.29 is 13.9 Å². The van der Waals surface area contributed by atoms with Crippen LogP contribution in [0, 0.1) is 0 Å². The fourth-order valence-electron chi connectivity index (χ4n) is 3.04. The molecule has 0 unspecified atom stereocenters. The summed E-state index contributed by atoms with van der Waals surface area (Å²) in [6, 6.07) is 10.1. The van der Waals surface area contributed by atoms with Gasteiger partial charge in [-0.3, -0.25) is 0 Å². The molecule has 3 aromatic rings. The van der Waals surface area contributed by atoms with E-state index in [0.29, 0.717) is 19.0 Å². The molecule has 0 radical (unpaired) electrons. The molecule has 2 heterocycles. The normalized spacial score (nSPS) is 11.0. The number of ether oxygens (including phenoxy) is 2. The third-order valence-corrected chi connectivity index (χ3v) is 5.35. The molecule has 0 aliphatic rings. The number of nitrogens with one attached hydrogen (secondary N) is 2. The van der Waals surface area contributed by atoms with Crippen LogP contribution >= 0.6 is 35.3 Å². The van der Waals surface area contributed by atoms with E-state index < -0.39 is 0 Å². The molecule has 32 heavy (non-hydrogen) atoms. The van der Waals surface area contributed by atoms with Crippen LogP contribution < -0.4 is 20.1 Å². The predicted octanol–water partition coefficient (Wildman–Crippen LogP) is 5.12. The maximum Gasteiger partial charge on any atom is 0.236 e. The van der Waals surface area contributed by atoms with Gasteiger partial charge < -0.3 is 24.5 Å². The summed E-state index contributed by atoms with van der Waals surface area (Å²) in [5, 5.41) is 8.67. The zero-order valence-electron chi connectivity index (χ0n) is 18.7. The van der Waals surface area contributed by atoms with Gasteiger partial charge in [-0.05, 0) is 55.8 Å². The molecule has 9 heteroatoms. The summed E-state index contributed by atoms with van der Waals surface area (Å²) in [7, 11) is 1.66. The van der Waals surface area contributed by atoms with Gasteiger partial charge in [0, 0.05) is 13.1 Å². The molecular weight excluding hydrogens is 539 g/mol. The largest absolute Gasteiger partial charge is 0.493 e. The number of hydrogen-bond donors (Lipinski definition) is 2. The van der Waals surface area contributed by atoms with E-state index in [-0.39, 0.29) is 24.0 Å². The lowest BCUT2D eigenvalue weighted by Crippen LogP contribution is -2.37. The summed E-state index contributed by atoms with van der Waals surface area (Å²) in [5.41, 5.74) is 2.03. The Labute approximate surface area is 210 Å². The molecule has 2 aromatic heterocycles. The molecule has 0 bridgehead atoms. The predicted molar refractivity (Wildman–Crippen MR) is 141 cm³/mol. The molecule has 2 N–H and O–H groups in total. The fraction of sp³-hybridized carbons (Fsp3) is 0.391. The lowest BCUT2D eigenvalue weighted by molar-refractivity contribution is 0.310. The highest BCUT2D eigenvalue weighted by atomic mass is 127. The number of hydrogen-bond acceptors (Lipinski definition) is 6. The standard InChI is InChI=1S/C23H30N4O3S.HI/c1-4-24-23(26-15-18-16-30-22(27-18)21-9-7-13-31-21)25-12-6-8-17-10-11-19(28-3)20(14-17)29-5-2;/h7,9-11,13-14,16H,4-6,8,12,15H2,1-3H3,(H2,24,25,26);1H. The van der Waals surface area contributed by atoms with Crippen LogP contribution in [0.15, 0.2) is 51.4 Å². The Morgan fingerprint density at radius 1 is 1.19 bits per heavy atom. The number of nitrogens with zero attached hydrogens (tertiary/aromatic N) is 2. The van der Waals surface area contributed by atoms with Crippen LogP contribution in [0.3, 0.4) is 0 Å². The summed E-state index contributed by atoms with van der Waals surface area (Å²) in [6.45, 7) is 6.70. The van der Waals surface area contributed by atoms with E-state index in [1.165, 1.54) is 5.56 Å². The molecule has 3 rings (SSSR count). The first-order valence-electron chi connectivity index (χ1n) is 10.5. The second-order valence-corrected chi connectivity index (χ2v) is 7.71. The molecule has 174 valence electrons.